The Morgan fingerprint density at radius 2 is 1.53 bits per heavy atom. The molecule has 2 aromatic carbocycles. The van der Waals surface area contributed by atoms with Gasteiger partial charge in [-0.25, -0.2) is 0 Å². The van der Waals surface area contributed by atoms with Gasteiger partial charge in [-0.1, -0.05) is 36.4 Å². The van der Waals surface area contributed by atoms with Crippen molar-refractivity contribution in [3.8, 4) is 11.5 Å². The number of benzene rings is 2. The second-order valence-corrected chi connectivity index (χ2v) is 5.01. The predicted molar refractivity (Wildman–Crippen MR) is 71.4 cm³/mol. The van der Waals surface area contributed by atoms with Crippen LogP contribution in [-0.2, 0) is 10.2 Å². The zero-order valence-corrected chi connectivity index (χ0v) is 10.3. The molecule has 1 saturated heterocycles. The van der Waals surface area contributed by atoms with Gasteiger partial charge in [0.15, 0.2) is 0 Å². The first-order chi connectivity index (χ1) is 9.32. The van der Waals surface area contributed by atoms with Crippen molar-refractivity contribution in [3.63, 3.8) is 0 Å². The van der Waals surface area contributed by atoms with Crippen LogP contribution in [0.25, 0.3) is 0 Å². The number of rotatable bonds is 0. The van der Waals surface area contributed by atoms with Crippen molar-refractivity contribution < 1.29 is 9.53 Å². The monoisotopic (exact) mass is 251 g/mol. The lowest BCUT2D eigenvalue weighted by Crippen LogP contribution is -2.38. The van der Waals surface area contributed by atoms with Gasteiger partial charge in [-0.3, -0.25) is 4.79 Å². The summed E-state index contributed by atoms with van der Waals surface area (Å²) in [5.41, 5.74) is 1.37. The van der Waals surface area contributed by atoms with E-state index in [1.807, 2.05) is 48.5 Å². The zero-order valence-electron chi connectivity index (χ0n) is 10.3. The molecule has 0 bridgehead atoms. The van der Waals surface area contributed by atoms with E-state index in [1.54, 1.807) is 0 Å². The van der Waals surface area contributed by atoms with E-state index in [1.165, 1.54) is 0 Å². The van der Waals surface area contributed by atoms with Crippen LogP contribution in [0.3, 0.4) is 0 Å². The van der Waals surface area contributed by atoms with Crippen LogP contribution in [0.2, 0.25) is 0 Å². The minimum Gasteiger partial charge on any atom is -0.457 e. The number of carbonyl (C=O) groups excluding carboxylic acids is 1. The van der Waals surface area contributed by atoms with Gasteiger partial charge in [0.1, 0.15) is 16.9 Å². The van der Waals surface area contributed by atoms with Crippen LogP contribution < -0.4 is 10.1 Å². The van der Waals surface area contributed by atoms with Crippen LogP contribution in [0.15, 0.2) is 48.5 Å². The number of carbonyl (C=O) groups is 1. The van der Waals surface area contributed by atoms with Gasteiger partial charge in [-0.2, -0.15) is 0 Å². The highest BCUT2D eigenvalue weighted by Crippen LogP contribution is 2.51. The lowest BCUT2D eigenvalue weighted by molar-refractivity contribution is -0.122. The Balaban J connectivity index is 2.07. The first-order valence-corrected chi connectivity index (χ1v) is 6.47. The highest BCUT2D eigenvalue weighted by atomic mass is 16.5. The molecule has 1 fully saturated rings. The number of nitrogens with one attached hydrogen (secondary N) is 1. The smallest absolute Gasteiger partial charge is 0.235 e. The molecule has 1 N–H and O–H groups in total. The molecule has 2 heterocycles. The number of amides is 1. The van der Waals surface area contributed by atoms with Crippen LogP contribution in [-0.4, -0.2) is 12.5 Å². The maximum absolute atomic E-state index is 12.5. The van der Waals surface area contributed by atoms with E-state index in [9.17, 15) is 4.79 Å². The molecule has 0 atom stereocenters. The Morgan fingerprint density at radius 1 is 0.947 bits per heavy atom. The van der Waals surface area contributed by atoms with Crippen molar-refractivity contribution >= 4 is 5.91 Å². The second kappa shape index (κ2) is 3.60. The van der Waals surface area contributed by atoms with Crippen LogP contribution in [0, 0.1) is 0 Å². The van der Waals surface area contributed by atoms with Gasteiger partial charge >= 0.3 is 0 Å². The van der Waals surface area contributed by atoms with E-state index in [0.717, 1.165) is 29.0 Å². The van der Waals surface area contributed by atoms with Crippen LogP contribution in [0.5, 0.6) is 11.5 Å². The van der Waals surface area contributed by atoms with Crippen molar-refractivity contribution in [1.82, 2.24) is 5.32 Å². The Hall–Kier alpha value is -2.29. The first-order valence-electron chi connectivity index (χ1n) is 6.47. The molecule has 19 heavy (non-hydrogen) atoms. The molecule has 0 aliphatic carbocycles. The normalized spacial score (nSPS) is 18.4. The first kappa shape index (κ1) is 10.6. The van der Waals surface area contributed by atoms with Crippen molar-refractivity contribution in [2.24, 2.45) is 0 Å². The molecule has 2 aliphatic rings. The third-order valence-electron chi connectivity index (χ3n) is 4.09. The van der Waals surface area contributed by atoms with Gasteiger partial charge in [0, 0.05) is 17.7 Å². The van der Waals surface area contributed by atoms with E-state index < -0.39 is 5.41 Å². The third-order valence-corrected chi connectivity index (χ3v) is 4.09. The quantitative estimate of drug-likeness (QED) is 0.781. The van der Waals surface area contributed by atoms with Crippen molar-refractivity contribution in [3.05, 3.63) is 59.7 Å². The van der Waals surface area contributed by atoms with Gasteiger partial charge < -0.3 is 10.1 Å². The van der Waals surface area contributed by atoms with E-state index in [4.69, 9.17) is 4.74 Å². The molecule has 3 nitrogen and oxygen atoms in total. The Morgan fingerprint density at radius 3 is 2.05 bits per heavy atom. The summed E-state index contributed by atoms with van der Waals surface area (Å²) >= 11 is 0. The average molecular weight is 251 g/mol. The Labute approximate surface area is 111 Å². The summed E-state index contributed by atoms with van der Waals surface area (Å²) in [5.74, 6) is 1.66. The lowest BCUT2D eigenvalue weighted by atomic mass is 9.71. The number of ether oxygens (including phenoxy) is 1. The molecule has 2 aliphatic heterocycles. The second-order valence-electron chi connectivity index (χ2n) is 5.01. The summed E-state index contributed by atoms with van der Waals surface area (Å²) in [6.07, 6.45) is 0.781. The van der Waals surface area contributed by atoms with Gasteiger partial charge in [0.2, 0.25) is 5.91 Å². The number of hydrogen-bond acceptors (Lipinski definition) is 2. The van der Waals surface area contributed by atoms with E-state index in [-0.39, 0.29) is 5.91 Å². The van der Waals surface area contributed by atoms with Gasteiger partial charge in [0.05, 0.1) is 0 Å². The molecule has 94 valence electrons. The Kier molecular flexibility index (Phi) is 2.01. The predicted octanol–water partition coefficient (Wildman–Crippen LogP) is 2.60. The van der Waals surface area contributed by atoms with Gasteiger partial charge in [-0.15, -0.1) is 0 Å². The number of para-hydroxylation sites is 2. The summed E-state index contributed by atoms with van der Waals surface area (Å²) in [6.45, 7) is 0.710. The van der Waals surface area contributed by atoms with E-state index in [2.05, 4.69) is 5.32 Å². The molecule has 1 spiro atoms. The topological polar surface area (TPSA) is 38.3 Å². The molecular weight excluding hydrogens is 238 g/mol. The molecule has 2 aromatic rings. The SMILES string of the molecule is O=C1NCCC12c1ccccc1Oc1ccccc12. The van der Waals surface area contributed by atoms with E-state index >= 15 is 0 Å². The fraction of sp³-hybridized carbons (Fsp3) is 0.188. The summed E-state index contributed by atoms with van der Waals surface area (Å²) in [4.78, 5) is 12.5. The van der Waals surface area contributed by atoms with Gasteiger partial charge in [-0.05, 0) is 18.6 Å². The minimum absolute atomic E-state index is 0.0794. The van der Waals surface area contributed by atoms with E-state index in [0.29, 0.717) is 6.54 Å². The summed E-state index contributed by atoms with van der Waals surface area (Å²) < 4.78 is 5.93. The molecule has 0 unspecified atom stereocenters. The average Bonchev–Trinajstić information content (AvgIpc) is 2.82. The fourth-order valence-electron chi connectivity index (χ4n) is 3.22. The number of hydrogen-bond donors (Lipinski definition) is 1. The Bertz CT molecular complexity index is 632. The molecule has 4 rings (SSSR count). The van der Waals surface area contributed by atoms with Crippen molar-refractivity contribution in [2.45, 2.75) is 11.8 Å². The standard InChI is InChI=1S/C16H13NO2/c18-15-16(9-10-17-15)11-5-1-3-7-13(11)19-14-8-4-2-6-12(14)16/h1-8H,9-10H2,(H,17,18). The highest BCUT2D eigenvalue weighted by molar-refractivity contribution is 5.96. The third kappa shape index (κ3) is 1.24. The molecule has 0 radical (unpaired) electrons. The maximum Gasteiger partial charge on any atom is 0.235 e. The summed E-state index contributed by atoms with van der Waals surface area (Å²) in [5, 5.41) is 2.97. The van der Waals surface area contributed by atoms with Crippen LogP contribution in [0.1, 0.15) is 17.5 Å². The maximum atomic E-state index is 12.5. The molecule has 3 heteroatoms. The van der Waals surface area contributed by atoms with Gasteiger partial charge in [0.25, 0.3) is 0 Å². The molecule has 1 amide bonds. The molecule has 0 saturated carbocycles. The largest absolute Gasteiger partial charge is 0.457 e. The number of fused-ring (bicyclic) bond motifs is 4. The molecule has 0 aromatic heterocycles. The fourth-order valence-corrected chi connectivity index (χ4v) is 3.22. The summed E-state index contributed by atoms with van der Waals surface area (Å²) in [6, 6.07) is 15.6. The molecular formula is C16H13NO2. The zero-order chi connectivity index (χ0) is 12.9. The summed E-state index contributed by atoms with van der Waals surface area (Å²) in [7, 11) is 0. The van der Waals surface area contributed by atoms with Crippen LogP contribution in [0.4, 0.5) is 0 Å². The van der Waals surface area contributed by atoms with Crippen molar-refractivity contribution in [1.29, 1.82) is 0 Å². The van der Waals surface area contributed by atoms with Crippen molar-refractivity contribution in [2.75, 3.05) is 6.54 Å². The minimum atomic E-state index is -0.578. The lowest BCUT2D eigenvalue weighted by Gasteiger charge is -2.34. The highest BCUT2D eigenvalue weighted by Gasteiger charge is 2.50. The van der Waals surface area contributed by atoms with Crippen LogP contribution >= 0.6 is 0 Å².